The normalized spacial score (nSPS) is 15.9. The number of aryl methyl sites for hydroxylation is 4. The zero-order valence-corrected chi connectivity index (χ0v) is 44.5. The molecular formula is C51H66N16O9. The number of aromatic nitrogens is 9. The van der Waals surface area contributed by atoms with Gasteiger partial charge >= 0.3 is 12.2 Å². The summed E-state index contributed by atoms with van der Waals surface area (Å²) in [5.41, 5.74) is 13.2. The molecule has 25 heteroatoms. The average Bonchev–Trinajstić information content (AvgIpc) is 4.20. The number of nitrogens with two attached hydrogens (primary N) is 2. The van der Waals surface area contributed by atoms with Crippen LogP contribution in [0.25, 0.3) is 22.2 Å². The molecule has 2 aliphatic heterocycles. The van der Waals surface area contributed by atoms with Crippen molar-refractivity contribution in [3.8, 4) is 5.75 Å². The van der Waals surface area contributed by atoms with Crippen LogP contribution >= 0.6 is 0 Å². The van der Waals surface area contributed by atoms with E-state index in [-0.39, 0.29) is 89.8 Å². The number of amides is 6. The molecule has 0 aliphatic carbocycles. The van der Waals surface area contributed by atoms with Crippen molar-refractivity contribution >= 4 is 75.6 Å². The minimum absolute atomic E-state index is 0.0320. The van der Waals surface area contributed by atoms with Crippen LogP contribution in [0.4, 0.5) is 27.2 Å². The van der Waals surface area contributed by atoms with Gasteiger partial charge in [0.1, 0.15) is 40.3 Å². The van der Waals surface area contributed by atoms with E-state index in [0.717, 1.165) is 13.1 Å². The molecule has 25 nitrogen and oxygen atoms in total. The molecule has 0 bridgehead atoms. The van der Waals surface area contributed by atoms with Crippen molar-refractivity contribution in [2.45, 2.75) is 107 Å². The quantitative estimate of drug-likeness (QED) is 0.0723. The van der Waals surface area contributed by atoms with E-state index in [9.17, 15) is 28.8 Å². The van der Waals surface area contributed by atoms with Gasteiger partial charge in [0.05, 0.1) is 28.2 Å². The molecule has 2 saturated heterocycles. The SMILES string of the molecule is CCn1nc(C)cc1C(=O)Nc1nc2cc(C(N)=O)cnc2n1C/C=C/Cn1c(NC(=O)c2c(NC(=O)OC(C)(C)C)c(C)nn2CC)nc2cc(C(N)=O)cc(OCCN3C[C@@H]4CN(C(=O)OC(C)(C)C)C[C@@H]4C3)c21. The Morgan fingerprint density at radius 1 is 0.724 bits per heavy atom. The molecule has 0 unspecified atom stereocenters. The molecule has 2 aliphatic rings. The third kappa shape index (κ3) is 11.9. The number of nitrogens with one attached hydrogen (secondary N) is 3. The van der Waals surface area contributed by atoms with Gasteiger partial charge in [-0.3, -0.25) is 54.0 Å². The largest absolute Gasteiger partial charge is 0.490 e. The summed E-state index contributed by atoms with van der Waals surface area (Å²) in [5, 5.41) is 17.4. The van der Waals surface area contributed by atoms with Crippen LogP contribution in [0, 0.1) is 25.7 Å². The number of likely N-dealkylation sites (tertiary alicyclic amines) is 2. The van der Waals surface area contributed by atoms with Gasteiger partial charge < -0.3 is 35.1 Å². The van der Waals surface area contributed by atoms with Crippen LogP contribution in [0.5, 0.6) is 5.75 Å². The van der Waals surface area contributed by atoms with E-state index < -0.39 is 40.9 Å². The van der Waals surface area contributed by atoms with E-state index in [1.165, 1.54) is 23.0 Å². The van der Waals surface area contributed by atoms with E-state index in [4.69, 9.17) is 30.7 Å². The number of ether oxygens (including phenoxy) is 3. The molecule has 0 radical (unpaired) electrons. The van der Waals surface area contributed by atoms with Crippen LogP contribution in [-0.4, -0.2) is 140 Å². The molecular weight excluding hydrogens is 981 g/mol. The van der Waals surface area contributed by atoms with Gasteiger partial charge in [-0.25, -0.2) is 24.5 Å². The lowest BCUT2D eigenvalue weighted by Gasteiger charge is -2.26. The molecule has 1 aromatic carbocycles. The third-order valence-electron chi connectivity index (χ3n) is 12.7. The monoisotopic (exact) mass is 1050 g/mol. The van der Waals surface area contributed by atoms with Crippen molar-refractivity contribution in [1.82, 2.24) is 53.4 Å². The maximum absolute atomic E-state index is 14.6. The van der Waals surface area contributed by atoms with E-state index in [1.54, 1.807) is 84.5 Å². The van der Waals surface area contributed by atoms with Crippen molar-refractivity contribution in [1.29, 1.82) is 0 Å². The Labute approximate surface area is 438 Å². The molecule has 76 heavy (non-hydrogen) atoms. The summed E-state index contributed by atoms with van der Waals surface area (Å²) in [6.07, 6.45) is 3.83. The fraction of sp³-hybridized carbons (Fsp3) is 0.471. The van der Waals surface area contributed by atoms with Crippen LogP contribution in [0.3, 0.4) is 0 Å². The lowest BCUT2D eigenvalue weighted by atomic mass is 10.0. The summed E-state index contributed by atoms with van der Waals surface area (Å²) in [4.78, 5) is 97.2. The van der Waals surface area contributed by atoms with Crippen molar-refractivity contribution in [2.75, 3.05) is 55.3 Å². The maximum atomic E-state index is 14.6. The molecule has 0 spiro atoms. The Balaban J connectivity index is 1.12. The summed E-state index contributed by atoms with van der Waals surface area (Å²) in [6.45, 7) is 22.2. The van der Waals surface area contributed by atoms with Crippen LogP contribution in [0.15, 0.2) is 42.6 Å². The predicted octanol–water partition coefficient (Wildman–Crippen LogP) is 5.31. The fourth-order valence-electron chi connectivity index (χ4n) is 9.45. The molecule has 0 saturated carbocycles. The Kier molecular flexibility index (Phi) is 15.2. The summed E-state index contributed by atoms with van der Waals surface area (Å²) in [5.74, 6) is -1.55. The number of pyridine rings is 1. The van der Waals surface area contributed by atoms with E-state index in [1.807, 2.05) is 27.7 Å². The van der Waals surface area contributed by atoms with Gasteiger partial charge in [0.15, 0.2) is 11.3 Å². The zero-order chi connectivity index (χ0) is 55.0. The molecule has 2 atom stereocenters. The number of anilines is 3. The summed E-state index contributed by atoms with van der Waals surface area (Å²) < 4.78 is 24.1. The number of nitrogens with zero attached hydrogens (tertiary/aromatic N) is 11. The highest BCUT2D eigenvalue weighted by Crippen LogP contribution is 2.34. The highest BCUT2D eigenvalue weighted by molar-refractivity contribution is 6.09. The summed E-state index contributed by atoms with van der Waals surface area (Å²) in [6, 6.07) is 6.21. The van der Waals surface area contributed by atoms with Gasteiger partial charge in [-0.05, 0) is 105 Å². The molecule has 7 N–H and O–H groups in total. The second kappa shape index (κ2) is 21.5. The number of carbonyl (C=O) groups is 6. The Morgan fingerprint density at radius 2 is 1.33 bits per heavy atom. The number of allylic oxidation sites excluding steroid dienone is 2. The van der Waals surface area contributed by atoms with Crippen molar-refractivity contribution < 1.29 is 43.0 Å². The zero-order valence-electron chi connectivity index (χ0n) is 44.5. The standard InChI is InChI=1S/C51H66N16O9/c1-11-66-36(19-28(3)60-66)44(70)58-47-56-35-21-31(42(53)69)23-54-43(35)65(47)16-14-13-15-64-39-34(55-46(64)59-45(71)40-38(29(4)61-67(40)12-2)57-48(72)75-50(5,6)7)20-30(41(52)68)22-37(39)74-18-17-62-24-32-26-63(27-33(32)25-62)49(73)76-51(8,9)10/h13-14,19-23,32-33H,11-12,15-18,24-27H2,1-10H3,(H2,52,68)(H2,53,69)(H,57,72)(H,55,59,71)(H,56,58,70)/b14-13+/t32-,33+. The Bertz CT molecular complexity index is 3260. The third-order valence-corrected chi connectivity index (χ3v) is 12.7. The van der Waals surface area contributed by atoms with Gasteiger partial charge in [-0.1, -0.05) is 12.2 Å². The second-order valence-corrected chi connectivity index (χ2v) is 20.9. The molecule has 5 aromatic heterocycles. The number of hydrogen-bond donors (Lipinski definition) is 5. The second-order valence-electron chi connectivity index (χ2n) is 20.9. The molecule has 6 aromatic rings. The van der Waals surface area contributed by atoms with Crippen molar-refractivity contribution in [2.24, 2.45) is 23.3 Å². The van der Waals surface area contributed by atoms with E-state index in [2.05, 4.69) is 41.0 Å². The van der Waals surface area contributed by atoms with Crippen LogP contribution < -0.4 is 32.2 Å². The molecule has 2 fully saturated rings. The van der Waals surface area contributed by atoms with E-state index >= 15 is 0 Å². The van der Waals surface area contributed by atoms with Gasteiger partial charge in [-0.15, -0.1) is 0 Å². The lowest BCUT2D eigenvalue weighted by Crippen LogP contribution is -2.38. The van der Waals surface area contributed by atoms with Crippen LogP contribution in [0.2, 0.25) is 0 Å². The van der Waals surface area contributed by atoms with Crippen LogP contribution in [-0.2, 0) is 35.7 Å². The molecule has 7 heterocycles. The fourth-order valence-corrected chi connectivity index (χ4v) is 9.45. The summed E-state index contributed by atoms with van der Waals surface area (Å²) >= 11 is 0. The highest BCUT2D eigenvalue weighted by atomic mass is 16.6. The molecule has 404 valence electrons. The first-order valence-electron chi connectivity index (χ1n) is 25.1. The number of imidazole rings is 2. The average molecular weight is 1050 g/mol. The van der Waals surface area contributed by atoms with Gasteiger partial charge in [-0.2, -0.15) is 10.2 Å². The summed E-state index contributed by atoms with van der Waals surface area (Å²) in [7, 11) is 0. The Morgan fingerprint density at radius 3 is 1.96 bits per heavy atom. The maximum Gasteiger partial charge on any atom is 0.412 e. The van der Waals surface area contributed by atoms with Crippen molar-refractivity contribution in [3.63, 3.8) is 0 Å². The first-order valence-corrected chi connectivity index (χ1v) is 25.1. The molecule has 8 rings (SSSR count). The Hall–Kier alpha value is -8.35. The molecule has 6 amide bonds. The topological polar surface area (TPSA) is 309 Å². The number of hydrogen-bond acceptors (Lipinski definition) is 15. The van der Waals surface area contributed by atoms with Gasteiger partial charge in [0, 0.05) is 70.7 Å². The number of carbonyl (C=O) groups excluding carboxylic acids is 6. The van der Waals surface area contributed by atoms with Crippen LogP contribution in [0.1, 0.15) is 108 Å². The number of primary amides is 2. The predicted molar refractivity (Wildman–Crippen MR) is 281 cm³/mol. The number of fused-ring (bicyclic) bond motifs is 3. The van der Waals surface area contributed by atoms with Crippen molar-refractivity contribution in [3.05, 3.63) is 76.5 Å². The first-order chi connectivity index (χ1) is 35.9. The first kappa shape index (κ1) is 53.9. The minimum atomic E-state index is -0.828. The lowest BCUT2D eigenvalue weighted by molar-refractivity contribution is 0.0273. The minimum Gasteiger partial charge on any atom is -0.490 e. The number of benzene rings is 1. The van der Waals surface area contributed by atoms with E-state index in [0.29, 0.717) is 59.9 Å². The smallest absolute Gasteiger partial charge is 0.412 e. The highest BCUT2D eigenvalue weighted by Gasteiger charge is 2.42. The number of rotatable bonds is 17. The van der Waals surface area contributed by atoms with Gasteiger partial charge in [0.2, 0.25) is 23.7 Å². The van der Waals surface area contributed by atoms with Gasteiger partial charge in [0.25, 0.3) is 11.8 Å².